The quantitative estimate of drug-likeness (QED) is 0.781. The van der Waals surface area contributed by atoms with Gasteiger partial charge in [0.25, 0.3) is 0 Å². The van der Waals surface area contributed by atoms with Crippen molar-refractivity contribution in [3.05, 3.63) is 75.8 Å². The van der Waals surface area contributed by atoms with Gasteiger partial charge in [-0.2, -0.15) is 5.26 Å². The lowest BCUT2D eigenvalue weighted by Crippen LogP contribution is -2.36. The van der Waals surface area contributed by atoms with E-state index in [4.69, 9.17) is 17.2 Å². The van der Waals surface area contributed by atoms with E-state index in [-0.39, 0.29) is 12.0 Å². The average molecular weight is 361 g/mol. The first-order valence-electron chi connectivity index (χ1n) is 9.22. The van der Waals surface area contributed by atoms with E-state index in [2.05, 4.69) is 38.1 Å². The smallest absolute Gasteiger partial charge is 0.0975 e. The number of benzene rings is 1. The minimum Gasteiger partial charge on any atom is -0.401 e. The molecule has 0 aliphatic heterocycles. The zero-order valence-electron chi connectivity index (χ0n) is 16.2. The molecule has 0 radical (unpaired) electrons. The number of aromatic nitrogens is 1. The van der Waals surface area contributed by atoms with Crippen LogP contribution in [0.1, 0.15) is 41.5 Å². The molecule has 2 atom stereocenters. The third-order valence-corrected chi connectivity index (χ3v) is 5.44. The SMILES string of the molecule is CCc1ccc(C2C(C#N)=C(N)CC(N)/C2=C(\N)c2ccn(C)c2)cc1C. The van der Waals surface area contributed by atoms with Crippen molar-refractivity contribution < 1.29 is 0 Å². The molecule has 2 aromatic rings. The summed E-state index contributed by atoms with van der Waals surface area (Å²) in [5.41, 5.74) is 26.3. The third-order valence-electron chi connectivity index (χ3n) is 5.44. The van der Waals surface area contributed by atoms with E-state index in [1.165, 1.54) is 11.1 Å². The van der Waals surface area contributed by atoms with Gasteiger partial charge in [0.15, 0.2) is 0 Å². The molecular formula is C22H27N5. The van der Waals surface area contributed by atoms with Gasteiger partial charge in [-0.15, -0.1) is 0 Å². The van der Waals surface area contributed by atoms with Gasteiger partial charge in [-0.3, -0.25) is 0 Å². The number of nitrogens with zero attached hydrogens (tertiary/aromatic N) is 2. The second kappa shape index (κ2) is 7.34. The Balaban J connectivity index is 2.24. The van der Waals surface area contributed by atoms with Crippen LogP contribution in [-0.2, 0) is 13.5 Å². The first-order valence-corrected chi connectivity index (χ1v) is 9.22. The van der Waals surface area contributed by atoms with Crippen LogP contribution in [0.15, 0.2) is 53.5 Å². The molecule has 1 aromatic heterocycles. The number of aryl methyl sites for hydroxylation is 3. The van der Waals surface area contributed by atoms with Crippen LogP contribution in [0.25, 0.3) is 5.70 Å². The Bertz CT molecular complexity index is 971. The first-order chi connectivity index (χ1) is 12.9. The first kappa shape index (κ1) is 18.8. The highest BCUT2D eigenvalue weighted by molar-refractivity contribution is 5.71. The van der Waals surface area contributed by atoms with E-state index in [1.807, 2.05) is 30.1 Å². The lowest BCUT2D eigenvalue weighted by Gasteiger charge is -2.33. The van der Waals surface area contributed by atoms with Gasteiger partial charge in [0.1, 0.15) is 0 Å². The zero-order valence-corrected chi connectivity index (χ0v) is 16.2. The fourth-order valence-electron chi connectivity index (χ4n) is 3.97. The second-order valence-electron chi connectivity index (χ2n) is 7.27. The highest BCUT2D eigenvalue weighted by Gasteiger charge is 2.34. The summed E-state index contributed by atoms with van der Waals surface area (Å²) in [7, 11) is 1.95. The van der Waals surface area contributed by atoms with Crippen molar-refractivity contribution in [1.29, 1.82) is 5.26 Å². The number of hydrogen-bond donors (Lipinski definition) is 3. The average Bonchev–Trinajstić information content (AvgIpc) is 3.07. The standard InChI is InChI=1S/C22H27N5/c1-4-14-5-6-15(9-13(14)2)20-17(11-23)18(24)10-19(25)21(20)22(26)16-7-8-27(3)12-16/h5-9,12,19-20H,4,10,24-26H2,1-3H3/b22-21+. The molecule has 0 bridgehead atoms. The van der Waals surface area contributed by atoms with Gasteiger partial charge in [-0.1, -0.05) is 25.1 Å². The van der Waals surface area contributed by atoms with Gasteiger partial charge in [0, 0.05) is 54.8 Å². The Morgan fingerprint density at radius 3 is 2.63 bits per heavy atom. The van der Waals surface area contributed by atoms with Crippen molar-refractivity contribution in [2.75, 3.05) is 0 Å². The Hall–Kier alpha value is -2.97. The van der Waals surface area contributed by atoms with Crippen LogP contribution in [0.4, 0.5) is 0 Å². The molecule has 27 heavy (non-hydrogen) atoms. The molecule has 5 heteroatoms. The molecule has 1 aliphatic rings. The number of rotatable bonds is 3. The second-order valence-corrected chi connectivity index (χ2v) is 7.27. The van der Waals surface area contributed by atoms with Crippen molar-refractivity contribution in [2.45, 2.75) is 38.6 Å². The van der Waals surface area contributed by atoms with Gasteiger partial charge < -0.3 is 21.8 Å². The monoisotopic (exact) mass is 361 g/mol. The minimum atomic E-state index is -0.321. The highest BCUT2D eigenvalue weighted by atomic mass is 14.9. The maximum absolute atomic E-state index is 9.83. The molecule has 3 rings (SSSR count). The van der Waals surface area contributed by atoms with Crippen molar-refractivity contribution in [3.8, 4) is 6.07 Å². The van der Waals surface area contributed by atoms with Crippen molar-refractivity contribution in [1.82, 2.24) is 4.57 Å². The predicted octanol–water partition coefficient (Wildman–Crippen LogP) is 2.82. The largest absolute Gasteiger partial charge is 0.401 e. The van der Waals surface area contributed by atoms with Crippen molar-refractivity contribution in [3.63, 3.8) is 0 Å². The van der Waals surface area contributed by atoms with Crippen LogP contribution in [0, 0.1) is 18.3 Å². The molecule has 0 spiro atoms. The van der Waals surface area contributed by atoms with Crippen LogP contribution < -0.4 is 17.2 Å². The zero-order chi connectivity index (χ0) is 19.7. The van der Waals surface area contributed by atoms with E-state index in [0.29, 0.717) is 23.4 Å². The number of nitriles is 1. The number of nitrogens with two attached hydrogens (primary N) is 3. The summed E-state index contributed by atoms with van der Waals surface area (Å²) in [5, 5.41) is 9.83. The summed E-state index contributed by atoms with van der Waals surface area (Å²) in [6.07, 6.45) is 5.31. The normalized spacial score (nSPS) is 21.9. The van der Waals surface area contributed by atoms with E-state index in [9.17, 15) is 5.26 Å². The Morgan fingerprint density at radius 2 is 2.07 bits per heavy atom. The molecule has 0 saturated heterocycles. The molecular weight excluding hydrogens is 334 g/mol. The minimum absolute atomic E-state index is 0.316. The van der Waals surface area contributed by atoms with Crippen LogP contribution >= 0.6 is 0 Å². The fraction of sp³-hybridized carbons (Fsp3) is 0.318. The van der Waals surface area contributed by atoms with Crippen LogP contribution in [0.2, 0.25) is 0 Å². The van der Waals surface area contributed by atoms with Crippen molar-refractivity contribution >= 4 is 5.70 Å². The predicted molar refractivity (Wildman–Crippen MR) is 109 cm³/mol. The Kier molecular flexibility index (Phi) is 5.11. The van der Waals surface area contributed by atoms with E-state index in [1.54, 1.807) is 0 Å². The molecule has 0 saturated carbocycles. The molecule has 5 nitrogen and oxygen atoms in total. The van der Waals surface area contributed by atoms with Crippen molar-refractivity contribution in [2.24, 2.45) is 24.2 Å². The maximum atomic E-state index is 9.83. The van der Waals surface area contributed by atoms with Crippen LogP contribution in [-0.4, -0.2) is 10.6 Å². The summed E-state index contributed by atoms with van der Waals surface area (Å²) in [6.45, 7) is 4.23. The lowest BCUT2D eigenvalue weighted by molar-refractivity contribution is 0.656. The van der Waals surface area contributed by atoms with Crippen LogP contribution in [0.5, 0.6) is 0 Å². The van der Waals surface area contributed by atoms with Gasteiger partial charge in [0.05, 0.1) is 11.6 Å². The van der Waals surface area contributed by atoms with Gasteiger partial charge >= 0.3 is 0 Å². The molecule has 1 heterocycles. The van der Waals surface area contributed by atoms with E-state index >= 15 is 0 Å². The maximum Gasteiger partial charge on any atom is 0.0975 e. The Labute approximate surface area is 160 Å². The molecule has 1 aliphatic carbocycles. The summed E-state index contributed by atoms with van der Waals surface area (Å²) < 4.78 is 1.95. The van der Waals surface area contributed by atoms with E-state index < -0.39 is 0 Å². The summed E-state index contributed by atoms with van der Waals surface area (Å²) in [6, 6.07) is 10.3. The highest BCUT2D eigenvalue weighted by Crippen LogP contribution is 2.42. The summed E-state index contributed by atoms with van der Waals surface area (Å²) >= 11 is 0. The van der Waals surface area contributed by atoms with Gasteiger partial charge in [-0.25, -0.2) is 0 Å². The molecule has 2 unspecified atom stereocenters. The molecule has 140 valence electrons. The van der Waals surface area contributed by atoms with Gasteiger partial charge in [-0.05, 0) is 41.7 Å². The molecule has 6 N–H and O–H groups in total. The number of hydrogen-bond acceptors (Lipinski definition) is 4. The number of allylic oxidation sites excluding steroid dienone is 1. The Morgan fingerprint density at radius 1 is 1.33 bits per heavy atom. The van der Waals surface area contributed by atoms with E-state index in [0.717, 1.165) is 23.1 Å². The lowest BCUT2D eigenvalue weighted by atomic mass is 9.73. The third kappa shape index (κ3) is 3.36. The molecule has 0 amide bonds. The molecule has 0 fully saturated rings. The summed E-state index contributed by atoms with van der Waals surface area (Å²) in [4.78, 5) is 0. The topological polar surface area (TPSA) is 107 Å². The molecule has 1 aromatic carbocycles. The van der Waals surface area contributed by atoms with Gasteiger partial charge in [0.2, 0.25) is 0 Å². The fourth-order valence-corrected chi connectivity index (χ4v) is 3.97. The van der Waals surface area contributed by atoms with Crippen LogP contribution in [0.3, 0.4) is 0 Å². The summed E-state index contributed by atoms with van der Waals surface area (Å²) in [5.74, 6) is -0.316.